The van der Waals surface area contributed by atoms with Crippen molar-refractivity contribution in [3.63, 3.8) is 0 Å². The number of hydrogen-bond acceptors (Lipinski definition) is 4. The minimum atomic E-state index is -1.43. The summed E-state index contributed by atoms with van der Waals surface area (Å²) in [5, 5.41) is 12.8. The molecule has 0 saturated carbocycles. The van der Waals surface area contributed by atoms with Gasteiger partial charge < -0.3 is 10.2 Å². The maximum absolute atomic E-state index is 12.8. The fraction of sp³-hybridized carbons (Fsp3) is 0.529. The molecule has 26 heavy (non-hydrogen) atoms. The first-order chi connectivity index (χ1) is 12.6. The maximum atomic E-state index is 12.8. The van der Waals surface area contributed by atoms with Crippen molar-refractivity contribution in [2.75, 3.05) is 31.1 Å². The number of aromatic nitrogens is 2. The molecule has 2 aliphatic rings. The van der Waals surface area contributed by atoms with E-state index in [-0.39, 0.29) is 11.9 Å². The summed E-state index contributed by atoms with van der Waals surface area (Å²) in [5.74, 6) is -0.106. The molecule has 2 aliphatic heterocycles. The quantitative estimate of drug-likeness (QED) is 0.820. The Morgan fingerprint density at radius 2 is 1.96 bits per heavy atom. The van der Waals surface area contributed by atoms with Crippen LogP contribution in [0.4, 0.5) is 5.69 Å². The third-order valence-corrected chi connectivity index (χ3v) is 6.14. The van der Waals surface area contributed by atoms with Crippen molar-refractivity contribution in [3.05, 3.63) is 30.1 Å². The second kappa shape index (κ2) is 7.34. The van der Waals surface area contributed by atoms with E-state index in [0.29, 0.717) is 18.7 Å². The van der Waals surface area contributed by atoms with Crippen LogP contribution >= 0.6 is 0 Å². The highest BCUT2D eigenvalue weighted by Gasteiger charge is 2.24. The maximum Gasteiger partial charge on any atom is 0.255 e. The molecule has 2 aromatic rings. The van der Waals surface area contributed by atoms with E-state index in [9.17, 15) is 9.00 Å². The van der Waals surface area contributed by atoms with Crippen LogP contribution in [0.3, 0.4) is 0 Å². The molecule has 0 spiro atoms. The number of carbonyl (C=O) groups excluding carboxylic acids is 1. The van der Waals surface area contributed by atoms with Crippen LogP contribution in [0.15, 0.2) is 24.5 Å². The van der Waals surface area contributed by atoms with Gasteiger partial charge in [0.2, 0.25) is 0 Å². The molecule has 0 aliphatic carbocycles. The van der Waals surface area contributed by atoms with E-state index < -0.39 is 11.2 Å². The smallest absolute Gasteiger partial charge is 0.255 e. The molecule has 4 heterocycles. The molecule has 8 nitrogen and oxygen atoms in total. The molecular formula is C17H24N6O2S. The van der Waals surface area contributed by atoms with Crippen LogP contribution in [0.25, 0.3) is 5.52 Å². The molecule has 0 aromatic carbocycles. The lowest BCUT2D eigenvalue weighted by molar-refractivity contribution is 0.0926. The number of fused-ring (bicyclic) bond motifs is 1. The number of anilines is 1. The zero-order valence-corrected chi connectivity index (χ0v) is 15.5. The molecule has 140 valence electrons. The summed E-state index contributed by atoms with van der Waals surface area (Å²) in [4.78, 5) is 15.1. The van der Waals surface area contributed by atoms with Crippen molar-refractivity contribution in [2.45, 2.75) is 31.7 Å². The lowest BCUT2D eigenvalue weighted by atomic mass is 10.1. The second-order valence-electron chi connectivity index (χ2n) is 6.92. The van der Waals surface area contributed by atoms with Crippen molar-refractivity contribution in [1.29, 1.82) is 0 Å². The molecule has 9 heteroatoms. The summed E-state index contributed by atoms with van der Waals surface area (Å²) in [7, 11) is 0. The summed E-state index contributed by atoms with van der Waals surface area (Å²) < 4.78 is 14.8. The Bertz CT molecular complexity index is 824. The van der Waals surface area contributed by atoms with Crippen molar-refractivity contribution in [2.24, 2.45) is 5.14 Å². The number of amides is 1. The van der Waals surface area contributed by atoms with Gasteiger partial charge >= 0.3 is 0 Å². The molecule has 1 amide bonds. The number of nitrogens with two attached hydrogens (primary N) is 1. The number of nitrogens with zero attached hydrogens (tertiary/aromatic N) is 4. The number of rotatable bonds is 4. The zero-order chi connectivity index (χ0) is 18.1. The Balaban J connectivity index is 1.48. The highest BCUT2D eigenvalue weighted by molar-refractivity contribution is 7.80. The van der Waals surface area contributed by atoms with Gasteiger partial charge in [0.25, 0.3) is 5.91 Å². The molecule has 2 saturated heterocycles. The number of hydrogen-bond donors (Lipinski definition) is 2. The van der Waals surface area contributed by atoms with Crippen molar-refractivity contribution in [3.8, 4) is 0 Å². The summed E-state index contributed by atoms with van der Waals surface area (Å²) in [6, 6.07) is 4.17. The van der Waals surface area contributed by atoms with Gasteiger partial charge in [0.15, 0.2) is 11.2 Å². The third-order valence-electron chi connectivity index (χ3n) is 5.26. The Morgan fingerprint density at radius 3 is 2.65 bits per heavy atom. The number of piperidine rings is 1. The van der Waals surface area contributed by atoms with Crippen LogP contribution in [-0.4, -0.2) is 56.3 Å². The van der Waals surface area contributed by atoms with Crippen LogP contribution in [0.1, 0.15) is 36.0 Å². The highest BCUT2D eigenvalue weighted by atomic mass is 32.2. The molecule has 2 fully saturated rings. The predicted molar refractivity (Wildman–Crippen MR) is 101 cm³/mol. The van der Waals surface area contributed by atoms with Crippen molar-refractivity contribution in [1.82, 2.24) is 19.2 Å². The van der Waals surface area contributed by atoms with Crippen LogP contribution in [-0.2, 0) is 11.2 Å². The first kappa shape index (κ1) is 17.4. The van der Waals surface area contributed by atoms with Gasteiger partial charge in [-0.05, 0) is 37.8 Å². The zero-order valence-electron chi connectivity index (χ0n) is 14.6. The summed E-state index contributed by atoms with van der Waals surface area (Å²) in [5.41, 5.74) is 2.56. The number of nitrogens with one attached hydrogen (secondary N) is 1. The minimum absolute atomic E-state index is 0.0685. The van der Waals surface area contributed by atoms with Gasteiger partial charge in [-0.15, -0.1) is 0 Å². The van der Waals surface area contributed by atoms with Gasteiger partial charge in [-0.25, -0.2) is 18.2 Å². The molecule has 3 N–H and O–H groups in total. The van der Waals surface area contributed by atoms with E-state index in [1.807, 2.05) is 12.3 Å². The van der Waals surface area contributed by atoms with E-state index in [4.69, 9.17) is 5.14 Å². The lowest BCUT2D eigenvalue weighted by Crippen LogP contribution is -2.46. The second-order valence-corrected chi connectivity index (χ2v) is 7.99. The van der Waals surface area contributed by atoms with E-state index in [1.54, 1.807) is 15.0 Å². The first-order valence-corrected chi connectivity index (χ1v) is 10.2. The molecule has 2 aromatic heterocycles. The van der Waals surface area contributed by atoms with Crippen LogP contribution in [0.2, 0.25) is 0 Å². The summed E-state index contributed by atoms with van der Waals surface area (Å²) in [6.45, 7) is 3.38. The first-order valence-electron chi connectivity index (χ1n) is 9.06. The van der Waals surface area contributed by atoms with Crippen LogP contribution < -0.4 is 15.4 Å². The number of pyridine rings is 1. The highest BCUT2D eigenvalue weighted by Crippen LogP contribution is 2.23. The molecule has 1 unspecified atom stereocenters. The fourth-order valence-corrected chi connectivity index (χ4v) is 4.33. The Morgan fingerprint density at radius 1 is 1.23 bits per heavy atom. The largest absolute Gasteiger partial charge is 0.371 e. The van der Waals surface area contributed by atoms with Gasteiger partial charge in [-0.2, -0.15) is 5.10 Å². The Labute approximate surface area is 155 Å². The fourth-order valence-electron chi connectivity index (χ4n) is 3.76. The van der Waals surface area contributed by atoms with E-state index in [0.717, 1.165) is 37.1 Å². The molecule has 4 rings (SSSR count). The molecule has 0 radical (unpaired) electrons. The average molecular weight is 376 g/mol. The Kier molecular flexibility index (Phi) is 4.92. The lowest BCUT2D eigenvalue weighted by Gasteiger charge is -2.29. The van der Waals surface area contributed by atoms with Crippen LogP contribution in [0.5, 0.6) is 0 Å². The van der Waals surface area contributed by atoms with Gasteiger partial charge in [0.1, 0.15) is 0 Å². The van der Waals surface area contributed by atoms with E-state index in [2.05, 4.69) is 21.4 Å². The topological polar surface area (TPSA) is 96.0 Å². The Hall–Kier alpha value is -1.97. The van der Waals surface area contributed by atoms with Crippen molar-refractivity contribution < 1.29 is 9.00 Å². The standard InChI is InChI=1S/C17H24N6O2S/c18-26(25)22-8-3-13(4-9-22)20-17(24)15-12-19-23-10-5-14(11-16(15)23)21-6-1-2-7-21/h5,10-13H,1-4,6-9,18H2,(H,20,24). The summed E-state index contributed by atoms with van der Waals surface area (Å²) >= 11 is -1.43. The van der Waals surface area contributed by atoms with E-state index >= 15 is 0 Å². The van der Waals surface area contributed by atoms with Gasteiger partial charge in [-0.3, -0.25) is 4.79 Å². The molecule has 0 bridgehead atoms. The SMILES string of the molecule is NS(=O)N1CCC(NC(=O)c2cnn3ccc(N4CCCC4)cc23)CC1. The van der Waals surface area contributed by atoms with Crippen LogP contribution in [0, 0.1) is 0 Å². The average Bonchev–Trinajstić information content (AvgIpc) is 3.31. The monoisotopic (exact) mass is 376 g/mol. The molecular weight excluding hydrogens is 352 g/mol. The predicted octanol–water partition coefficient (Wildman–Crippen LogP) is 0.666. The molecule has 1 atom stereocenters. The number of carbonyl (C=O) groups is 1. The van der Waals surface area contributed by atoms with Gasteiger partial charge in [0, 0.05) is 44.1 Å². The normalized spacial score (nSPS) is 20.6. The minimum Gasteiger partial charge on any atom is -0.371 e. The van der Waals surface area contributed by atoms with E-state index in [1.165, 1.54) is 12.8 Å². The third kappa shape index (κ3) is 3.46. The van der Waals surface area contributed by atoms with Gasteiger partial charge in [0.05, 0.1) is 17.3 Å². The summed E-state index contributed by atoms with van der Waals surface area (Å²) in [6.07, 6.45) is 7.45. The van der Waals surface area contributed by atoms with Gasteiger partial charge in [-0.1, -0.05) is 0 Å². The van der Waals surface area contributed by atoms with Crippen molar-refractivity contribution >= 4 is 28.3 Å².